The first-order valence-corrected chi connectivity index (χ1v) is 9.28. The number of halogens is 1. The van der Waals surface area contributed by atoms with Crippen LogP contribution >= 0.6 is 11.6 Å². The number of nitrogens with zero attached hydrogens (tertiary/aromatic N) is 3. The van der Waals surface area contributed by atoms with E-state index in [4.69, 9.17) is 11.6 Å². The van der Waals surface area contributed by atoms with Gasteiger partial charge in [-0.25, -0.2) is 4.79 Å². The summed E-state index contributed by atoms with van der Waals surface area (Å²) in [5.41, 5.74) is 1.83. The Labute approximate surface area is 157 Å². The predicted octanol–water partition coefficient (Wildman–Crippen LogP) is 3.59. The Balaban J connectivity index is 1.51. The first-order valence-electron chi connectivity index (χ1n) is 8.90. The molecule has 6 heteroatoms. The fourth-order valence-electron chi connectivity index (χ4n) is 3.55. The van der Waals surface area contributed by atoms with Gasteiger partial charge in [0.25, 0.3) is 0 Å². The number of H-pyrrole nitrogens is 1. The summed E-state index contributed by atoms with van der Waals surface area (Å²) in [5.74, 6) is 1.01. The highest BCUT2D eigenvalue weighted by atomic mass is 35.5. The molecular formula is C20H21ClN4O. The molecule has 26 heavy (non-hydrogen) atoms. The van der Waals surface area contributed by atoms with Crippen LogP contribution in [-0.4, -0.2) is 32.8 Å². The van der Waals surface area contributed by atoms with Crippen molar-refractivity contribution < 1.29 is 0 Å². The molecule has 0 spiro atoms. The lowest BCUT2D eigenvalue weighted by molar-refractivity contribution is 0.196. The topological polar surface area (TPSA) is 53.9 Å². The van der Waals surface area contributed by atoms with E-state index in [1.165, 1.54) is 10.2 Å². The fourth-order valence-corrected chi connectivity index (χ4v) is 3.67. The number of hydrogen-bond acceptors (Lipinski definition) is 3. The molecule has 1 unspecified atom stereocenters. The van der Waals surface area contributed by atoms with Gasteiger partial charge in [-0.3, -0.25) is 9.88 Å². The van der Waals surface area contributed by atoms with Crippen LogP contribution in [-0.2, 0) is 6.54 Å². The van der Waals surface area contributed by atoms with Crippen LogP contribution in [0.5, 0.6) is 0 Å². The van der Waals surface area contributed by atoms with E-state index in [0.717, 1.165) is 44.0 Å². The van der Waals surface area contributed by atoms with E-state index in [9.17, 15) is 4.79 Å². The van der Waals surface area contributed by atoms with Crippen molar-refractivity contribution in [1.82, 2.24) is 19.7 Å². The molecule has 0 amide bonds. The molecule has 1 aliphatic rings. The Hall–Kier alpha value is -2.37. The lowest BCUT2D eigenvalue weighted by atomic mass is 9.97. The molecular weight excluding hydrogens is 348 g/mol. The summed E-state index contributed by atoms with van der Waals surface area (Å²) < 4.78 is 1.42. The van der Waals surface area contributed by atoms with Crippen molar-refractivity contribution in [3.05, 3.63) is 81.5 Å². The maximum absolute atomic E-state index is 12.3. The van der Waals surface area contributed by atoms with Gasteiger partial charge in [-0.1, -0.05) is 41.9 Å². The molecule has 1 fully saturated rings. The van der Waals surface area contributed by atoms with Gasteiger partial charge in [-0.2, -0.15) is 4.68 Å². The summed E-state index contributed by atoms with van der Waals surface area (Å²) in [4.78, 5) is 17.7. The molecule has 1 aliphatic heterocycles. The smallest absolute Gasteiger partial charge is 0.298 e. The predicted molar refractivity (Wildman–Crippen MR) is 103 cm³/mol. The number of rotatable bonds is 4. The highest BCUT2D eigenvalue weighted by molar-refractivity contribution is 6.30. The Morgan fingerprint density at radius 3 is 2.65 bits per heavy atom. The molecule has 0 radical (unpaired) electrons. The van der Waals surface area contributed by atoms with Crippen molar-refractivity contribution in [2.75, 3.05) is 13.1 Å². The van der Waals surface area contributed by atoms with Gasteiger partial charge < -0.3 is 0 Å². The number of aromatic amines is 1. The molecule has 2 aromatic carbocycles. The summed E-state index contributed by atoms with van der Waals surface area (Å²) >= 11 is 5.93. The summed E-state index contributed by atoms with van der Waals surface area (Å²) in [6, 6.07) is 17.6. The standard InChI is InChI=1S/C20H21ClN4O/c21-17-8-10-18(11-9-17)25-20(26)22-19(23-25)16-7-4-12-24(14-16)13-15-5-2-1-3-6-15/h1-3,5-6,8-11,16H,4,7,12-14H2,(H,22,23,26). The van der Waals surface area contributed by atoms with Gasteiger partial charge in [-0.05, 0) is 49.2 Å². The molecule has 3 aromatic rings. The molecule has 1 saturated heterocycles. The van der Waals surface area contributed by atoms with E-state index in [1.54, 1.807) is 24.3 Å². The molecule has 4 rings (SSSR count). The SMILES string of the molecule is O=c1[nH]c(C2CCCN(Cc3ccccc3)C2)nn1-c1ccc(Cl)cc1. The number of hydrogen-bond donors (Lipinski definition) is 1. The third-order valence-corrected chi connectivity index (χ3v) is 5.10. The summed E-state index contributed by atoms with van der Waals surface area (Å²) in [5, 5.41) is 5.19. The van der Waals surface area contributed by atoms with Gasteiger partial charge >= 0.3 is 5.69 Å². The largest absolute Gasteiger partial charge is 0.348 e. The van der Waals surface area contributed by atoms with Crippen molar-refractivity contribution in [2.45, 2.75) is 25.3 Å². The van der Waals surface area contributed by atoms with Crippen LogP contribution in [0.1, 0.15) is 30.1 Å². The highest BCUT2D eigenvalue weighted by Crippen LogP contribution is 2.25. The van der Waals surface area contributed by atoms with E-state index >= 15 is 0 Å². The minimum absolute atomic E-state index is 0.206. The lowest BCUT2D eigenvalue weighted by Gasteiger charge is -2.31. The van der Waals surface area contributed by atoms with E-state index in [-0.39, 0.29) is 11.6 Å². The maximum Gasteiger partial charge on any atom is 0.348 e. The van der Waals surface area contributed by atoms with Crippen LogP contribution < -0.4 is 5.69 Å². The van der Waals surface area contributed by atoms with Crippen LogP contribution in [0.15, 0.2) is 59.4 Å². The van der Waals surface area contributed by atoms with Crippen molar-refractivity contribution in [1.29, 1.82) is 0 Å². The van der Waals surface area contributed by atoms with E-state index < -0.39 is 0 Å². The number of likely N-dealkylation sites (tertiary alicyclic amines) is 1. The molecule has 0 saturated carbocycles. The minimum Gasteiger partial charge on any atom is -0.298 e. The van der Waals surface area contributed by atoms with E-state index in [0.29, 0.717) is 5.02 Å². The summed E-state index contributed by atoms with van der Waals surface area (Å²) in [6.07, 6.45) is 2.15. The normalized spacial score (nSPS) is 18.1. The van der Waals surface area contributed by atoms with Gasteiger partial charge in [0.1, 0.15) is 5.82 Å². The molecule has 5 nitrogen and oxygen atoms in total. The molecule has 134 valence electrons. The highest BCUT2D eigenvalue weighted by Gasteiger charge is 2.24. The van der Waals surface area contributed by atoms with Crippen LogP contribution in [0.2, 0.25) is 5.02 Å². The third-order valence-electron chi connectivity index (χ3n) is 4.85. The molecule has 0 aliphatic carbocycles. The minimum atomic E-state index is -0.206. The molecule has 1 atom stereocenters. The number of benzene rings is 2. The second-order valence-corrected chi connectivity index (χ2v) is 7.20. The zero-order valence-corrected chi connectivity index (χ0v) is 15.2. The third kappa shape index (κ3) is 3.74. The van der Waals surface area contributed by atoms with Gasteiger partial charge in [-0.15, -0.1) is 5.10 Å². The van der Waals surface area contributed by atoms with Crippen LogP contribution in [0.3, 0.4) is 0 Å². The second kappa shape index (κ2) is 7.48. The molecule has 1 aromatic heterocycles. The van der Waals surface area contributed by atoms with Crippen LogP contribution in [0.25, 0.3) is 5.69 Å². The average molecular weight is 369 g/mol. The quantitative estimate of drug-likeness (QED) is 0.765. The van der Waals surface area contributed by atoms with Crippen LogP contribution in [0.4, 0.5) is 0 Å². The Kier molecular flexibility index (Phi) is 4.91. The molecule has 0 bridgehead atoms. The monoisotopic (exact) mass is 368 g/mol. The summed E-state index contributed by atoms with van der Waals surface area (Å²) in [7, 11) is 0. The number of piperidine rings is 1. The molecule has 2 heterocycles. The Morgan fingerprint density at radius 2 is 1.88 bits per heavy atom. The van der Waals surface area contributed by atoms with Crippen molar-refractivity contribution in [2.24, 2.45) is 0 Å². The Bertz CT molecular complexity index is 917. The van der Waals surface area contributed by atoms with Gasteiger partial charge in [0.05, 0.1) is 5.69 Å². The van der Waals surface area contributed by atoms with Gasteiger partial charge in [0.15, 0.2) is 0 Å². The van der Waals surface area contributed by atoms with Crippen molar-refractivity contribution in [3.8, 4) is 5.69 Å². The number of aromatic nitrogens is 3. The lowest BCUT2D eigenvalue weighted by Crippen LogP contribution is -2.34. The second-order valence-electron chi connectivity index (χ2n) is 6.76. The first kappa shape index (κ1) is 17.1. The number of nitrogens with one attached hydrogen (secondary N) is 1. The summed E-state index contributed by atoms with van der Waals surface area (Å²) in [6.45, 7) is 2.91. The van der Waals surface area contributed by atoms with E-state index in [1.807, 2.05) is 6.07 Å². The van der Waals surface area contributed by atoms with Crippen molar-refractivity contribution >= 4 is 11.6 Å². The zero-order chi connectivity index (χ0) is 17.9. The average Bonchev–Trinajstić information content (AvgIpc) is 3.05. The first-order chi connectivity index (χ1) is 12.7. The van der Waals surface area contributed by atoms with Crippen LogP contribution in [0, 0.1) is 0 Å². The van der Waals surface area contributed by atoms with Crippen molar-refractivity contribution in [3.63, 3.8) is 0 Å². The van der Waals surface area contributed by atoms with Gasteiger partial charge in [0.2, 0.25) is 0 Å². The zero-order valence-electron chi connectivity index (χ0n) is 14.4. The fraction of sp³-hybridized carbons (Fsp3) is 0.300. The maximum atomic E-state index is 12.3. The Morgan fingerprint density at radius 1 is 1.12 bits per heavy atom. The van der Waals surface area contributed by atoms with E-state index in [2.05, 4.69) is 39.2 Å². The van der Waals surface area contributed by atoms with Gasteiger partial charge in [0, 0.05) is 24.0 Å². The molecule has 1 N–H and O–H groups in total.